The van der Waals surface area contributed by atoms with Gasteiger partial charge < -0.3 is 4.74 Å². The number of carbonyl (C=O) groups excluding carboxylic acids is 1. The molecule has 0 spiro atoms. The van der Waals surface area contributed by atoms with Gasteiger partial charge in [-0.15, -0.1) is 0 Å². The molecule has 0 saturated carbocycles. The topological polar surface area (TPSA) is 26.3 Å². The second-order valence-corrected chi connectivity index (χ2v) is 5.14. The van der Waals surface area contributed by atoms with E-state index >= 15 is 0 Å². The van der Waals surface area contributed by atoms with Crippen LogP contribution in [0, 0.1) is 0 Å². The summed E-state index contributed by atoms with van der Waals surface area (Å²) in [4.78, 5) is 11.3. The lowest BCUT2D eigenvalue weighted by Gasteiger charge is -2.03. The third kappa shape index (κ3) is 15.2. The molecule has 0 aliphatic heterocycles. The second kappa shape index (κ2) is 15.3. The van der Waals surface area contributed by atoms with E-state index in [4.69, 9.17) is 4.74 Å². The molecule has 0 rings (SSSR count). The van der Waals surface area contributed by atoms with Crippen molar-refractivity contribution in [1.82, 2.24) is 0 Å². The van der Waals surface area contributed by atoms with E-state index in [1.807, 2.05) is 0 Å². The largest absolute Gasteiger partial charge is 0.466 e. The molecule has 0 amide bonds. The third-order valence-corrected chi connectivity index (χ3v) is 3.15. The van der Waals surface area contributed by atoms with Crippen LogP contribution >= 0.6 is 0 Å². The molecule has 2 heteroatoms. The van der Waals surface area contributed by atoms with Gasteiger partial charge in [0.1, 0.15) is 0 Å². The zero-order chi connectivity index (χ0) is 14.2. The van der Waals surface area contributed by atoms with Crippen LogP contribution in [-0.4, -0.2) is 12.6 Å². The molecule has 0 aromatic carbocycles. The highest BCUT2D eigenvalue weighted by Crippen LogP contribution is 2.06. The maximum atomic E-state index is 11.3. The average molecular weight is 268 g/mol. The van der Waals surface area contributed by atoms with Crippen LogP contribution in [0.1, 0.15) is 84.5 Å². The number of rotatable bonds is 13. The Kier molecular flexibility index (Phi) is 14.6. The summed E-state index contributed by atoms with van der Waals surface area (Å²) in [5.41, 5.74) is 0. The van der Waals surface area contributed by atoms with Crippen LogP contribution in [-0.2, 0) is 9.53 Å². The lowest BCUT2D eigenvalue weighted by molar-refractivity contribution is -0.143. The Balaban J connectivity index is 3.19. The predicted octanol–water partition coefficient (Wildman–Crippen LogP) is 5.42. The number of ether oxygens (including phenoxy) is 1. The lowest BCUT2D eigenvalue weighted by atomic mass is 10.1. The Hall–Kier alpha value is -0.790. The van der Waals surface area contributed by atoms with E-state index < -0.39 is 0 Å². The van der Waals surface area contributed by atoms with E-state index in [-0.39, 0.29) is 5.97 Å². The molecule has 0 N–H and O–H groups in total. The van der Waals surface area contributed by atoms with Crippen molar-refractivity contribution in [3.05, 3.63) is 12.2 Å². The minimum atomic E-state index is -0.0245. The number of hydrogen-bond donors (Lipinski definition) is 0. The van der Waals surface area contributed by atoms with Crippen LogP contribution in [0.2, 0.25) is 0 Å². The predicted molar refractivity (Wildman–Crippen MR) is 82.2 cm³/mol. The number of carbonyl (C=O) groups is 1. The van der Waals surface area contributed by atoms with Crippen molar-refractivity contribution in [3.63, 3.8) is 0 Å². The first-order valence-corrected chi connectivity index (χ1v) is 8.11. The van der Waals surface area contributed by atoms with Gasteiger partial charge in [0.05, 0.1) is 6.61 Å². The first kappa shape index (κ1) is 18.2. The van der Waals surface area contributed by atoms with Crippen LogP contribution in [0.15, 0.2) is 12.2 Å². The van der Waals surface area contributed by atoms with E-state index in [9.17, 15) is 4.79 Å². The zero-order valence-corrected chi connectivity index (χ0v) is 13.0. The molecule has 0 heterocycles. The minimum Gasteiger partial charge on any atom is -0.466 e. The summed E-state index contributed by atoms with van der Waals surface area (Å²) in [7, 11) is 0. The van der Waals surface area contributed by atoms with Gasteiger partial charge in [-0.2, -0.15) is 0 Å². The molecule has 112 valence electrons. The molecule has 0 unspecified atom stereocenters. The molecule has 19 heavy (non-hydrogen) atoms. The fourth-order valence-corrected chi connectivity index (χ4v) is 1.86. The monoisotopic (exact) mass is 268 g/mol. The summed E-state index contributed by atoms with van der Waals surface area (Å²) in [6.07, 6.45) is 16.8. The van der Waals surface area contributed by atoms with Crippen LogP contribution < -0.4 is 0 Å². The summed E-state index contributed by atoms with van der Waals surface area (Å²) in [6.45, 7) is 4.93. The van der Waals surface area contributed by atoms with E-state index in [1.165, 1.54) is 32.1 Å². The Labute approximate surface area is 119 Å². The highest BCUT2D eigenvalue weighted by atomic mass is 16.5. The van der Waals surface area contributed by atoms with Gasteiger partial charge >= 0.3 is 5.97 Å². The van der Waals surface area contributed by atoms with Crippen molar-refractivity contribution in [1.29, 1.82) is 0 Å². The Morgan fingerprint density at radius 1 is 0.842 bits per heavy atom. The van der Waals surface area contributed by atoms with Crippen LogP contribution in [0.5, 0.6) is 0 Å². The summed E-state index contributed by atoms with van der Waals surface area (Å²) in [5.74, 6) is -0.0245. The van der Waals surface area contributed by atoms with Gasteiger partial charge in [0.25, 0.3) is 0 Å². The normalized spacial score (nSPS) is 11.1. The van der Waals surface area contributed by atoms with Gasteiger partial charge in [0, 0.05) is 6.42 Å². The van der Waals surface area contributed by atoms with Gasteiger partial charge in [-0.1, -0.05) is 51.7 Å². The van der Waals surface area contributed by atoms with Gasteiger partial charge in [0.2, 0.25) is 0 Å². The SMILES string of the molecule is CCCCCC=CCCCCCC(=O)OCCCC. The zero-order valence-electron chi connectivity index (χ0n) is 13.0. The lowest BCUT2D eigenvalue weighted by Crippen LogP contribution is -2.05. The standard InChI is InChI=1S/C17H32O2/c1-3-5-7-8-9-10-11-12-13-14-15-17(18)19-16-6-4-2/h9-10H,3-8,11-16H2,1-2H3. The van der Waals surface area contributed by atoms with Crippen molar-refractivity contribution in [2.45, 2.75) is 84.5 Å². The van der Waals surface area contributed by atoms with Crippen LogP contribution in [0.4, 0.5) is 0 Å². The maximum absolute atomic E-state index is 11.3. The molecule has 0 fully saturated rings. The Bertz CT molecular complexity index is 221. The first-order chi connectivity index (χ1) is 9.31. The van der Waals surface area contributed by atoms with Gasteiger partial charge in [-0.3, -0.25) is 4.79 Å². The number of allylic oxidation sites excluding steroid dienone is 2. The quantitative estimate of drug-likeness (QED) is 0.253. The number of esters is 1. The second-order valence-electron chi connectivity index (χ2n) is 5.14. The fraction of sp³-hybridized carbons (Fsp3) is 0.824. The van der Waals surface area contributed by atoms with Crippen molar-refractivity contribution in [2.24, 2.45) is 0 Å². The molecule has 0 aromatic heterocycles. The molecule has 0 aliphatic rings. The smallest absolute Gasteiger partial charge is 0.305 e. The van der Waals surface area contributed by atoms with Crippen molar-refractivity contribution >= 4 is 5.97 Å². The molecular formula is C17H32O2. The third-order valence-electron chi connectivity index (χ3n) is 3.15. The van der Waals surface area contributed by atoms with E-state index in [1.54, 1.807) is 0 Å². The number of unbranched alkanes of at least 4 members (excludes halogenated alkanes) is 7. The molecule has 0 radical (unpaired) electrons. The van der Waals surface area contributed by atoms with Crippen LogP contribution in [0.3, 0.4) is 0 Å². The first-order valence-electron chi connectivity index (χ1n) is 8.11. The fourth-order valence-electron chi connectivity index (χ4n) is 1.86. The van der Waals surface area contributed by atoms with E-state index in [2.05, 4.69) is 26.0 Å². The molecule has 0 aliphatic carbocycles. The van der Waals surface area contributed by atoms with E-state index in [0.29, 0.717) is 13.0 Å². The average Bonchev–Trinajstić information content (AvgIpc) is 2.41. The molecule has 0 saturated heterocycles. The minimum absolute atomic E-state index is 0.0245. The van der Waals surface area contributed by atoms with Gasteiger partial charge in [0.15, 0.2) is 0 Å². The van der Waals surface area contributed by atoms with E-state index in [0.717, 1.165) is 32.1 Å². The summed E-state index contributed by atoms with van der Waals surface area (Å²) in [5, 5.41) is 0. The van der Waals surface area contributed by atoms with Crippen molar-refractivity contribution in [3.8, 4) is 0 Å². The van der Waals surface area contributed by atoms with Crippen LogP contribution in [0.25, 0.3) is 0 Å². The summed E-state index contributed by atoms with van der Waals surface area (Å²) >= 11 is 0. The van der Waals surface area contributed by atoms with Gasteiger partial charge in [-0.25, -0.2) is 0 Å². The molecule has 0 bridgehead atoms. The molecule has 0 aromatic rings. The maximum Gasteiger partial charge on any atom is 0.305 e. The highest BCUT2D eigenvalue weighted by molar-refractivity contribution is 5.69. The Morgan fingerprint density at radius 2 is 1.47 bits per heavy atom. The molecule has 2 nitrogen and oxygen atoms in total. The highest BCUT2D eigenvalue weighted by Gasteiger charge is 2.01. The van der Waals surface area contributed by atoms with Crippen molar-refractivity contribution in [2.75, 3.05) is 6.61 Å². The van der Waals surface area contributed by atoms with Crippen molar-refractivity contribution < 1.29 is 9.53 Å². The molecule has 0 atom stereocenters. The summed E-state index contributed by atoms with van der Waals surface area (Å²) in [6, 6.07) is 0. The molecular weight excluding hydrogens is 236 g/mol. The Morgan fingerprint density at radius 3 is 2.11 bits per heavy atom. The summed E-state index contributed by atoms with van der Waals surface area (Å²) < 4.78 is 5.11. The number of hydrogen-bond acceptors (Lipinski definition) is 2. The van der Waals surface area contributed by atoms with Gasteiger partial charge in [-0.05, 0) is 38.5 Å².